The van der Waals surface area contributed by atoms with Crippen molar-refractivity contribution in [2.45, 2.75) is 18.6 Å². The number of hydrogen-bond acceptors (Lipinski definition) is 2. The Morgan fingerprint density at radius 1 is 1.36 bits per heavy atom. The molecule has 1 aromatic carbocycles. The van der Waals surface area contributed by atoms with Gasteiger partial charge in [0.25, 0.3) is 0 Å². The van der Waals surface area contributed by atoms with E-state index in [1.807, 2.05) is 6.07 Å². The van der Waals surface area contributed by atoms with Gasteiger partial charge in [-0.1, -0.05) is 30.3 Å². The highest BCUT2D eigenvalue weighted by Crippen LogP contribution is 2.63. The van der Waals surface area contributed by atoms with Crippen molar-refractivity contribution in [3.63, 3.8) is 0 Å². The predicted molar refractivity (Wildman–Crippen MR) is 58.2 cm³/mol. The molecule has 1 aromatic rings. The van der Waals surface area contributed by atoms with Crippen molar-refractivity contribution in [3.05, 3.63) is 35.9 Å². The molecule has 0 radical (unpaired) electrons. The molecule has 2 nitrogen and oxygen atoms in total. The van der Waals surface area contributed by atoms with Gasteiger partial charge in [0.1, 0.15) is 6.10 Å². The quantitative estimate of drug-likeness (QED) is 0.683. The van der Waals surface area contributed by atoms with Crippen LogP contribution in [0.5, 0.6) is 0 Å². The van der Waals surface area contributed by atoms with Crippen molar-refractivity contribution in [1.29, 1.82) is 0 Å². The molecule has 1 unspecified atom stereocenters. The third kappa shape index (κ3) is 1.30. The molecule has 2 saturated heterocycles. The van der Waals surface area contributed by atoms with E-state index in [1.165, 1.54) is 12.0 Å². The van der Waals surface area contributed by atoms with E-state index >= 15 is 0 Å². The average Bonchev–Trinajstić information content (AvgIpc) is 2.37. The van der Waals surface area contributed by atoms with Crippen LogP contribution in [0.25, 0.3) is 0 Å². The molecule has 14 heavy (non-hydrogen) atoms. The van der Waals surface area contributed by atoms with Gasteiger partial charge in [-0.2, -0.15) is 0 Å². The number of halogens is 1. The first-order valence-corrected chi connectivity index (χ1v) is 6.92. The first-order valence-electron chi connectivity index (χ1n) is 4.80. The summed E-state index contributed by atoms with van der Waals surface area (Å²) in [5, 5.41) is 0. The van der Waals surface area contributed by atoms with Gasteiger partial charge in [0.05, 0.1) is 0 Å². The van der Waals surface area contributed by atoms with Crippen LogP contribution in [0.4, 0.5) is 0 Å². The summed E-state index contributed by atoms with van der Waals surface area (Å²) in [5.41, 5.74) is 1.26. The topological polar surface area (TPSA) is 12.5 Å². The van der Waals surface area contributed by atoms with Crippen molar-refractivity contribution < 1.29 is 4.52 Å². The number of benzene rings is 1. The second-order valence-corrected chi connectivity index (χ2v) is 5.73. The largest absolute Gasteiger partial charge is 0.322 e. The van der Waals surface area contributed by atoms with Gasteiger partial charge in [0, 0.05) is 12.6 Å². The molecule has 74 valence electrons. The number of rotatable bonds is 1. The zero-order valence-corrected chi connectivity index (χ0v) is 9.29. The Balaban J connectivity index is 1.87. The van der Waals surface area contributed by atoms with Crippen LogP contribution in [0.2, 0.25) is 0 Å². The maximum absolute atomic E-state index is 6.12. The van der Waals surface area contributed by atoms with E-state index in [0.717, 1.165) is 6.54 Å². The monoisotopic (exact) mass is 227 g/mol. The van der Waals surface area contributed by atoms with Gasteiger partial charge in [-0.15, -0.1) is 0 Å². The molecule has 2 aliphatic heterocycles. The molecule has 0 amide bonds. The Bertz CT molecular complexity index is 334. The normalized spacial score (nSPS) is 36.5. The van der Waals surface area contributed by atoms with Crippen LogP contribution in [-0.4, -0.2) is 17.3 Å². The van der Waals surface area contributed by atoms with Crippen LogP contribution in [0, 0.1) is 0 Å². The molecule has 0 aromatic heterocycles. The van der Waals surface area contributed by atoms with E-state index in [2.05, 4.69) is 28.9 Å². The van der Waals surface area contributed by atoms with Crippen LogP contribution in [0.15, 0.2) is 30.3 Å². The Morgan fingerprint density at radius 3 is 2.71 bits per heavy atom. The summed E-state index contributed by atoms with van der Waals surface area (Å²) < 4.78 is 8.06. The fourth-order valence-electron chi connectivity index (χ4n) is 2.05. The molecule has 4 heteroatoms. The summed E-state index contributed by atoms with van der Waals surface area (Å²) in [5.74, 6) is 0. The van der Waals surface area contributed by atoms with Gasteiger partial charge in [-0.05, 0) is 23.2 Å². The first kappa shape index (κ1) is 9.11. The van der Waals surface area contributed by atoms with Gasteiger partial charge in [-0.25, -0.2) is 4.67 Å². The maximum Gasteiger partial charge on any atom is 0.207 e. The van der Waals surface area contributed by atoms with Crippen LogP contribution >= 0.6 is 18.9 Å². The van der Waals surface area contributed by atoms with Gasteiger partial charge in [0.2, 0.25) is 7.65 Å². The predicted octanol–water partition coefficient (Wildman–Crippen LogP) is 3.30. The lowest BCUT2D eigenvalue weighted by Gasteiger charge is -2.35. The molecular weight excluding hydrogens is 217 g/mol. The molecule has 3 rings (SSSR count). The minimum Gasteiger partial charge on any atom is -0.322 e. The fourth-order valence-corrected chi connectivity index (χ4v) is 4.18. The smallest absolute Gasteiger partial charge is 0.207 e. The van der Waals surface area contributed by atoms with Gasteiger partial charge in [-0.3, -0.25) is 0 Å². The molecule has 2 heterocycles. The van der Waals surface area contributed by atoms with Gasteiger partial charge >= 0.3 is 0 Å². The van der Waals surface area contributed by atoms with Crippen LogP contribution in [0.3, 0.4) is 0 Å². The zero-order valence-electron chi connectivity index (χ0n) is 7.64. The minimum atomic E-state index is -0.836. The highest BCUT2D eigenvalue weighted by molar-refractivity contribution is 7.78. The van der Waals surface area contributed by atoms with Crippen molar-refractivity contribution in [3.8, 4) is 0 Å². The maximum atomic E-state index is 6.12. The van der Waals surface area contributed by atoms with E-state index in [4.69, 9.17) is 15.8 Å². The molecule has 0 saturated carbocycles. The lowest BCUT2D eigenvalue weighted by molar-refractivity contribution is 0.137. The average molecular weight is 228 g/mol. The van der Waals surface area contributed by atoms with Crippen LogP contribution < -0.4 is 0 Å². The van der Waals surface area contributed by atoms with Gasteiger partial charge < -0.3 is 4.52 Å². The molecule has 2 aliphatic rings. The lowest BCUT2D eigenvalue weighted by atomic mass is 9.95. The number of nitrogens with zero attached hydrogens (tertiary/aromatic N) is 1. The zero-order chi connectivity index (χ0) is 9.54. The summed E-state index contributed by atoms with van der Waals surface area (Å²) in [6, 6.07) is 10.9. The third-order valence-corrected chi connectivity index (χ3v) is 5.04. The summed E-state index contributed by atoms with van der Waals surface area (Å²) >= 11 is 6.12. The number of hydrogen-bond donors (Lipinski definition) is 0. The summed E-state index contributed by atoms with van der Waals surface area (Å²) in [6.07, 6.45) is 1.42. The first-order chi connectivity index (χ1) is 6.86. The molecule has 2 fully saturated rings. The van der Waals surface area contributed by atoms with E-state index in [-0.39, 0.29) is 6.10 Å². The highest BCUT2D eigenvalue weighted by atomic mass is 35.7. The van der Waals surface area contributed by atoms with Crippen LogP contribution in [0.1, 0.15) is 18.1 Å². The molecular formula is C10H11ClNOP. The second-order valence-electron chi connectivity index (χ2n) is 3.68. The minimum absolute atomic E-state index is 0.202. The Morgan fingerprint density at radius 2 is 2.14 bits per heavy atom. The molecule has 3 atom stereocenters. The molecule has 0 aliphatic carbocycles. The van der Waals surface area contributed by atoms with Crippen molar-refractivity contribution in [1.82, 2.24) is 4.67 Å². The third-order valence-electron chi connectivity index (χ3n) is 2.92. The van der Waals surface area contributed by atoms with Crippen LogP contribution in [-0.2, 0) is 4.52 Å². The molecule has 0 spiro atoms. The SMILES string of the molecule is ClP1O[C@H](c2ccccc2)[C@@H]2CCN21. The standard InChI is InChI=1S/C10H11ClNOP/c11-14-12-7-6-9(12)10(13-14)8-4-2-1-3-5-8/h1-5,9-10H,6-7H2/t9-,10+,14?/m0/s1. The summed E-state index contributed by atoms with van der Waals surface area (Å²) in [6.45, 7) is 1.10. The van der Waals surface area contributed by atoms with E-state index in [0.29, 0.717) is 6.04 Å². The Hall–Kier alpha value is -0.140. The summed E-state index contributed by atoms with van der Waals surface area (Å²) in [7, 11) is -0.836. The van der Waals surface area contributed by atoms with E-state index < -0.39 is 7.65 Å². The van der Waals surface area contributed by atoms with E-state index in [9.17, 15) is 0 Å². The van der Waals surface area contributed by atoms with Crippen molar-refractivity contribution in [2.75, 3.05) is 6.54 Å². The lowest BCUT2D eigenvalue weighted by Crippen LogP contribution is -2.41. The fraction of sp³-hybridized carbons (Fsp3) is 0.400. The molecule has 0 bridgehead atoms. The van der Waals surface area contributed by atoms with Crippen molar-refractivity contribution >= 4 is 18.9 Å². The van der Waals surface area contributed by atoms with E-state index in [1.54, 1.807) is 0 Å². The second kappa shape index (κ2) is 3.46. The summed E-state index contributed by atoms with van der Waals surface area (Å²) in [4.78, 5) is 0. The Labute approximate surface area is 89.5 Å². The highest BCUT2D eigenvalue weighted by Gasteiger charge is 2.48. The van der Waals surface area contributed by atoms with Gasteiger partial charge in [0.15, 0.2) is 0 Å². The molecule has 0 N–H and O–H groups in total. The van der Waals surface area contributed by atoms with Crippen molar-refractivity contribution in [2.24, 2.45) is 0 Å². The number of fused-ring (bicyclic) bond motifs is 1. The Kier molecular flexibility index (Phi) is 2.25.